The van der Waals surface area contributed by atoms with E-state index in [1.807, 2.05) is 37.1 Å². The summed E-state index contributed by atoms with van der Waals surface area (Å²) in [6, 6.07) is 2.06. The van der Waals surface area contributed by atoms with Crippen molar-refractivity contribution >= 4 is 22.8 Å². The van der Waals surface area contributed by atoms with Crippen LogP contribution in [-0.4, -0.2) is 30.2 Å². The Hall–Kier alpha value is -1.88. The Morgan fingerprint density at radius 1 is 1.14 bits per heavy atom. The number of aromatic nitrogens is 5. The second-order valence-electron chi connectivity index (χ2n) is 5.25. The Morgan fingerprint density at radius 2 is 2.00 bits per heavy atom. The second-order valence-corrected chi connectivity index (χ2v) is 5.63. The van der Waals surface area contributed by atoms with E-state index in [1.54, 1.807) is 0 Å². The summed E-state index contributed by atoms with van der Waals surface area (Å²) in [5.74, 6) is 1.55. The first-order chi connectivity index (χ1) is 10.2. The molecule has 0 saturated carbocycles. The summed E-state index contributed by atoms with van der Waals surface area (Å²) in [5.41, 5.74) is 4.14. The summed E-state index contributed by atoms with van der Waals surface area (Å²) in [7, 11) is 0. The lowest BCUT2D eigenvalue weighted by atomic mass is 10.3. The molecule has 0 aliphatic rings. The van der Waals surface area contributed by atoms with Gasteiger partial charge in [0, 0.05) is 31.2 Å². The van der Waals surface area contributed by atoms with Crippen LogP contribution in [0.3, 0.4) is 0 Å². The normalized spacial score (nSPS) is 11.4. The molecule has 0 saturated heterocycles. The van der Waals surface area contributed by atoms with Crippen LogP contribution >= 0.6 is 11.6 Å². The van der Waals surface area contributed by atoms with Crippen molar-refractivity contribution in [3.63, 3.8) is 0 Å². The molecule has 3 aromatic heterocycles. The lowest BCUT2D eigenvalue weighted by molar-refractivity contribution is 0.528. The summed E-state index contributed by atoms with van der Waals surface area (Å²) in [6.45, 7) is 5.66. The Labute approximate surface area is 128 Å². The Balaban J connectivity index is 1.92. The molecule has 0 amide bonds. The molecule has 3 rings (SSSR count). The molecule has 0 atom stereocenters. The zero-order valence-corrected chi connectivity index (χ0v) is 13.0. The fraction of sp³-hybridized carbons (Fsp3) is 0.400. The number of rotatable bonds is 5. The van der Waals surface area contributed by atoms with E-state index in [4.69, 9.17) is 11.6 Å². The average molecular weight is 304 g/mol. The van der Waals surface area contributed by atoms with E-state index in [2.05, 4.69) is 25.7 Å². The van der Waals surface area contributed by atoms with Crippen LogP contribution in [0.2, 0.25) is 0 Å². The predicted molar refractivity (Wildman–Crippen MR) is 83.7 cm³/mol. The van der Waals surface area contributed by atoms with Crippen molar-refractivity contribution in [2.24, 2.45) is 0 Å². The van der Waals surface area contributed by atoms with Crippen LogP contribution in [0.15, 0.2) is 24.7 Å². The highest BCUT2D eigenvalue weighted by Crippen LogP contribution is 2.16. The van der Waals surface area contributed by atoms with Crippen molar-refractivity contribution in [2.45, 2.75) is 33.4 Å². The minimum Gasteiger partial charge on any atom is -0.311 e. The third kappa shape index (κ3) is 2.93. The predicted octanol–water partition coefficient (Wildman–Crippen LogP) is 2.73. The van der Waals surface area contributed by atoms with Crippen LogP contribution in [0, 0.1) is 13.8 Å². The van der Waals surface area contributed by atoms with E-state index in [1.165, 1.54) is 5.56 Å². The van der Waals surface area contributed by atoms with E-state index in [9.17, 15) is 0 Å². The molecule has 0 fully saturated rings. The first kappa shape index (κ1) is 14.1. The molecule has 5 nitrogen and oxygen atoms in total. The van der Waals surface area contributed by atoms with Gasteiger partial charge in [0.25, 0.3) is 0 Å². The van der Waals surface area contributed by atoms with Crippen molar-refractivity contribution in [3.8, 4) is 0 Å². The molecule has 0 aliphatic carbocycles. The minimum absolute atomic E-state index is 0.559. The van der Waals surface area contributed by atoms with Crippen LogP contribution < -0.4 is 0 Å². The third-order valence-corrected chi connectivity index (χ3v) is 3.62. The van der Waals surface area contributed by atoms with Crippen LogP contribution in [-0.2, 0) is 19.5 Å². The van der Waals surface area contributed by atoms with Crippen LogP contribution in [0.4, 0.5) is 0 Å². The molecule has 0 radical (unpaired) electrons. The van der Waals surface area contributed by atoms with E-state index in [-0.39, 0.29) is 0 Å². The number of hydrogen-bond acceptors (Lipinski definition) is 3. The molecule has 21 heavy (non-hydrogen) atoms. The number of imidazole rings is 1. The summed E-state index contributed by atoms with van der Waals surface area (Å²) in [6.07, 6.45) is 6.53. The average Bonchev–Trinajstić information content (AvgIpc) is 3.00. The maximum atomic E-state index is 5.90. The molecule has 6 heteroatoms. The fourth-order valence-electron chi connectivity index (χ4n) is 2.46. The molecule has 3 aromatic rings. The van der Waals surface area contributed by atoms with Gasteiger partial charge >= 0.3 is 0 Å². The quantitative estimate of drug-likeness (QED) is 0.681. The molecular weight excluding hydrogens is 286 g/mol. The summed E-state index contributed by atoms with van der Waals surface area (Å²) >= 11 is 5.90. The van der Waals surface area contributed by atoms with Gasteiger partial charge in [-0.05, 0) is 31.0 Å². The van der Waals surface area contributed by atoms with E-state index in [0.29, 0.717) is 5.88 Å². The molecule has 3 heterocycles. The second kappa shape index (κ2) is 5.85. The van der Waals surface area contributed by atoms with Gasteiger partial charge in [-0.3, -0.25) is 4.68 Å². The van der Waals surface area contributed by atoms with Gasteiger partial charge in [0.05, 0.1) is 12.7 Å². The number of fused-ring (bicyclic) bond motifs is 1. The molecule has 0 N–H and O–H groups in total. The van der Waals surface area contributed by atoms with Gasteiger partial charge in [-0.25, -0.2) is 9.97 Å². The summed E-state index contributed by atoms with van der Waals surface area (Å²) in [4.78, 5) is 9.20. The number of aryl methyl sites for hydroxylation is 5. The minimum atomic E-state index is 0.559. The van der Waals surface area contributed by atoms with E-state index >= 15 is 0 Å². The molecule has 0 unspecified atom stereocenters. The largest absolute Gasteiger partial charge is 0.311 e. The number of pyridine rings is 1. The van der Waals surface area contributed by atoms with Gasteiger partial charge in [-0.2, -0.15) is 5.10 Å². The zero-order valence-electron chi connectivity index (χ0n) is 12.3. The zero-order chi connectivity index (χ0) is 14.8. The fourth-order valence-corrected chi connectivity index (χ4v) is 2.63. The highest BCUT2D eigenvalue weighted by atomic mass is 35.5. The molecule has 110 valence electrons. The SMILES string of the molecule is Cc1cnc2c(c1)nc(CCCl)n2CCn1cc(C)cn1. The highest BCUT2D eigenvalue weighted by Gasteiger charge is 2.11. The van der Waals surface area contributed by atoms with Gasteiger partial charge in [-0.1, -0.05) is 0 Å². The van der Waals surface area contributed by atoms with Crippen molar-refractivity contribution < 1.29 is 0 Å². The van der Waals surface area contributed by atoms with Gasteiger partial charge in [-0.15, -0.1) is 11.6 Å². The molecule has 0 aromatic carbocycles. The number of hydrogen-bond donors (Lipinski definition) is 0. The van der Waals surface area contributed by atoms with Crippen molar-refractivity contribution in [3.05, 3.63) is 41.6 Å². The van der Waals surface area contributed by atoms with Crippen molar-refractivity contribution in [1.82, 2.24) is 24.3 Å². The Bertz CT molecular complexity index is 759. The van der Waals surface area contributed by atoms with E-state index < -0.39 is 0 Å². The molecule has 0 bridgehead atoms. The van der Waals surface area contributed by atoms with Crippen LogP contribution in [0.25, 0.3) is 11.2 Å². The summed E-state index contributed by atoms with van der Waals surface area (Å²) in [5, 5.41) is 4.32. The molecular formula is C15H18ClN5. The molecule has 0 spiro atoms. The Morgan fingerprint density at radius 3 is 2.71 bits per heavy atom. The van der Waals surface area contributed by atoms with Crippen molar-refractivity contribution in [2.75, 3.05) is 5.88 Å². The van der Waals surface area contributed by atoms with E-state index in [0.717, 1.165) is 42.1 Å². The summed E-state index contributed by atoms with van der Waals surface area (Å²) < 4.78 is 4.09. The standard InChI is InChI=1S/C15H18ClN5/c1-11-7-13-15(17-8-11)21(14(19-13)3-4-16)6-5-20-10-12(2)9-18-20/h7-10H,3-6H2,1-2H3. The maximum absolute atomic E-state index is 5.90. The highest BCUT2D eigenvalue weighted by molar-refractivity contribution is 6.17. The molecule has 0 aliphatic heterocycles. The number of nitrogens with zero attached hydrogens (tertiary/aromatic N) is 5. The van der Waals surface area contributed by atoms with Crippen molar-refractivity contribution in [1.29, 1.82) is 0 Å². The van der Waals surface area contributed by atoms with Gasteiger partial charge in [0.1, 0.15) is 11.3 Å². The Kier molecular flexibility index (Phi) is 3.92. The van der Waals surface area contributed by atoms with Crippen LogP contribution in [0.1, 0.15) is 17.0 Å². The topological polar surface area (TPSA) is 48.5 Å². The lowest BCUT2D eigenvalue weighted by Crippen LogP contribution is -2.11. The number of halogens is 1. The van der Waals surface area contributed by atoms with Gasteiger partial charge in [0.2, 0.25) is 0 Å². The maximum Gasteiger partial charge on any atom is 0.160 e. The van der Waals surface area contributed by atoms with Gasteiger partial charge in [0.15, 0.2) is 5.65 Å². The third-order valence-electron chi connectivity index (χ3n) is 3.43. The smallest absolute Gasteiger partial charge is 0.160 e. The first-order valence-electron chi connectivity index (χ1n) is 7.04. The monoisotopic (exact) mass is 303 g/mol. The first-order valence-corrected chi connectivity index (χ1v) is 7.57. The number of alkyl halides is 1. The van der Waals surface area contributed by atoms with Crippen LogP contribution in [0.5, 0.6) is 0 Å². The van der Waals surface area contributed by atoms with Gasteiger partial charge < -0.3 is 4.57 Å². The lowest BCUT2D eigenvalue weighted by Gasteiger charge is -2.08.